The van der Waals surface area contributed by atoms with Crippen molar-refractivity contribution < 1.29 is 19.0 Å². The predicted octanol–water partition coefficient (Wildman–Crippen LogP) is 3.47. The van der Waals surface area contributed by atoms with Crippen LogP contribution in [0.1, 0.15) is 30.1 Å². The van der Waals surface area contributed by atoms with E-state index >= 15 is 0 Å². The van der Waals surface area contributed by atoms with Gasteiger partial charge < -0.3 is 9.84 Å². The first-order valence-electron chi connectivity index (χ1n) is 4.91. The molecule has 0 atom stereocenters. The fraction of sp³-hybridized carbons (Fsp3) is 0.364. The van der Waals surface area contributed by atoms with Gasteiger partial charge in [0.15, 0.2) is 0 Å². The van der Waals surface area contributed by atoms with Gasteiger partial charge in [0, 0.05) is 0 Å². The van der Waals surface area contributed by atoms with E-state index in [1.54, 1.807) is 0 Å². The van der Waals surface area contributed by atoms with Crippen LogP contribution in [-0.2, 0) is 0 Å². The Morgan fingerprint density at radius 3 is 2.81 bits per heavy atom. The minimum atomic E-state index is -1.20. The van der Waals surface area contributed by atoms with E-state index in [-0.39, 0.29) is 11.3 Å². The number of benzene rings is 1. The molecule has 0 bridgehead atoms. The van der Waals surface area contributed by atoms with Gasteiger partial charge >= 0.3 is 5.97 Å². The van der Waals surface area contributed by atoms with E-state index in [1.165, 1.54) is 6.07 Å². The summed E-state index contributed by atoms with van der Waals surface area (Å²) >= 11 is 3.09. The lowest BCUT2D eigenvalue weighted by Crippen LogP contribution is -2.05. The molecule has 0 fully saturated rings. The second-order valence-electron chi connectivity index (χ2n) is 3.27. The number of ether oxygens (including phenoxy) is 1. The average molecular weight is 291 g/mol. The molecule has 0 unspecified atom stereocenters. The quantitative estimate of drug-likeness (QED) is 0.845. The van der Waals surface area contributed by atoms with Crippen LogP contribution in [0.3, 0.4) is 0 Å². The fourth-order valence-electron chi connectivity index (χ4n) is 1.18. The van der Waals surface area contributed by atoms with Crippen molar-refractivity contribution in [3.63, 3.8) is 0 Å². The smallest absolute Gasteiger partial charge is 0.339 e. The molecule has 0 spiro atoms. The van der Waals surface area contributed by atoms with E-state index < -0.39 is 11.8 Å². The molecule has 1 aromatic rings. The minimum absolute atomic E-state index is 0.164. The molecule has 0 saturated heterocycles. The van der Waals surface area contributed by atoms with Crippen molar-refractivity contribution >= 4 is 21.9 Å². The van der Waals surface area contributed by atoms with Crippen LogP contribution in [0.5, 0.6) is 5.75 Å². The van der Waals surface area contributed by atoms with Crippen LogP contribution in [0.4, 0.5) is 4.39 Å². The number of aromatic carboxylic acids is 1. The summed E-state index contributed by atoms with van der Waals surface area (Å²) in [5.74, 6) is -1.62. The first-order valence-corrected chi connectivity index (χ1v) is 5.70. The summed E-state index contributed by atoms with van der Waals surface area (Å²) in [4.78, 5) is 10.9. The van der Waals surface area contributed by atoms with Gasteiger partial charge in [0.05, 0.1) is 11.1 Å². The molecule has 1 aromatic carbocycles. The zero-order chi connectivity index (χ0) is 12.1. The molecule has 0 saturated carbocycles. The van der Waals surface area contributed by atoms with Gasteiger partial charge in [-0.1, -0.05) is 13.3 Å². The number of carboxylic acid groups (broad SMARTS) is 1. The topological polar surface area (TPSA) is 46.5 Å². The lowest BCUT2D eigenvalue weighted by molar-refractivity contribution is 0.0691. The number of carbonyl (C=O) groups is 1. The van der Waals surface area contributed by atoms with Crippen molar-refractivity contribution in [1.82, 2.24) is 0 Å². The Morgan fingerprint density at radius 2 is 2.25 bits per heavy atom. The molecular weight excluding hydrogens is 279 g/mol. The molecule has 0 aliphatic heterocycles. The molecule has 0 amide bonds. The van der Waals surface area contributed by atoms with Crippen molar-refractivity contribution in [2.24, 2.45) is 0 Å². The highest BCUT2D eigenvalue weighted by atomic mass is 79.9. The Labute approximate surface area is 101 Å². The van der Waals surface area contributed by atoms with Crippen LogP contribution in [-0.4, -0.2) is 17.7 Å². The molecule has 0 aliphatic rings. The largest absolute Gasteiger partial charge is 0.491 e. The van der Waals surface area contributed by atoms with Gasteiger partial charge in [-0.25, -0.2) is 9.18 Å². The van der Waals surface area contributed by atoms with Gasteiger partial charge in [0.25, 0.3) is 0 Å². The molecule has 16 heavy (non-hydrogen) atoms. The highest BCUT2D eigenvalue weighted by Crippen LogP contribution is 2.30. The highest BCUT2D eigenvalue weighted by Gasteiger charge is 2.16. The Kier molecular flexibility index (Phi) is 4.73. The first kappa shape index (κ1) is 13.0. The summed E-state index contributed by atoms with van der Waals surface area (Å²) in [6, 6.07) is 2.14. The number of unbranched alkanes of at least 4 members (excludes halogenated alkanes) is 1. The third-order valence-electron chi connectivity index (χ3n) is 1.98. The van der Waals surface area contributed by atoms with Crippen LogP contribution in [0.2, 0.25) is 0 Å². The van der Waals surface area contributed by atoms with E-state index in [0.717, 1.165) is 18.9 Å². The maximum atomic E-state index is 13.0. The number of hydrogen-bond donors (Lipinski definition) is 1. The Bertz CT molecular complexity index is 393. The molecule has 5 heteroatoms. The third-order valence-corrected chi connectivity index (χ3v) is 2.57. The molecule has 0 aromatic heterocycles. The van der Waals surface area contributed by atoms with Gasteiger partial charge in [-0.05, 0) is 34.5 Å². The van der Waals surface area contributed by atoms with Crippen LogP contribution >= 0.6 is 15.9 Å². The zero-order valence-electron chi connectivity index (χ0n) is 8.80. The first-order chi connectivity index (χ1) is 7.56. The summed E-state index contributed by atoms with van der Waals surface area (Å²) in [7, 11) is 0. The van der Waals surface area contributed by atoms with Crippen molar-refractivity contribution in [2.45, 2.75) is 19.8 Å². The van der Waals surface area contributed by atoms with Gasteiger partial charge in [0.2, 0.25) is 0 Å². The summed E-state index contributed by atoms with van der Waals surface area (Å²) in [6.45, 7) is 2.42. The lowest BCUT2D eigenvalue weighted by atomic mass is 10.2. The fourth-order valence-corrected chi connectivity index (χ4v) is 1.73. The third kappa shape index (κ3) is 3.20. The monoisotopic (exact) mass is 290 g/mol. The van der Waals surface area contributed by atoms with Gasteiger partial charge in [0.1, 0.15) is 17.1 Å². The van der Waals surface area contributed by atoms with Crippen molar-refractivity contribution in [3.05, 3.63) is 28.0 Å². The van der Waals surface area contributed by atoms with Gasteiger partial charge in [-0.15, -0.1) is 0 Å². The van der Waals surface area contributed by atoms with Crippen molar-refractivity contribution in [1.29, 1.82) is 0 Å². The number of hydrogen-bond acceptors (Lipinski definition) is 2. The van der Waals surface area contributed by atoms with E-state index in [4.69, 9.17) is 9.84 Å². The van der Waals surface area contributed by atoms with E-state index in [1.807, 2.05) is 6.92 Å². The summed E-state index contributed by atoms with van der Waals surface area (Å²) in [6.07, 6.45) is 1.77. The molecule has 88 valence electrons. The number of halogens is 2. The Balaban J connectivity index is 2.99. The van der Waals surface area contributed by atoms with E-state index in [0.29, 0.717) is 11.1 Å². The minimum Gasteiger partial charge on any atom is -0.491 e. The summed E-state index contributed by atoms with van der Waals surface area (Å²) < 4.78 is 18.7. The molecule has 0 aliphatic carbocycles. The molecule has 1 rings (SSSR count). The Hall–Kier alpha value is -1.10. The maximum absolute atomic E-state index is 13.0. The molecular formula is C11H12BrFO3. The number of rotatable bonds is 5. The van der Waals surface area contributed by atoms with Gasteiger partial charge in [-0.3, -0.25) is 0 Å². The number of carboxylic acids is 1. The highest BCUT2D eigenvalue weighted by molar-refractivity contribution is 9.10. The summed E-state index contributed by atoms with van der Waals surface area (Å²) in [5.41, 5.74) is -0.164. The second kappa shape index (κ2) is 5.84. The molecule has 0 heterocycles. The molecule has 0 radical (unpaired) electrons. The SMILES string of the molecule is CCCCOc1c(Br)cc(F)cc1C(=O)O. The Morgan fingerprint density at radius 1 is 1.56 bits per heavy atom. The maximum Gasteiger partial charge on any atom is 0.339 e. The average Bonchev–Trinajstić information content (AvgIpc) is 2.20. The predicted molar refractivity (Wildman–Crippen MR) is 61.5 cm³/mol. The van der Waals surface area contributed by atoms with Gasteiger partial charge in [-0.2, -0.15) is 0 Å². The van der Waals surface area contributed by atoms with E-state index in [9.17, 15) is 9.18 Å². The zero-order valence-corrected chi connectivity index (χ0v) is 10.4. The molecule has 3 nitrogen and oxygen atoms in total. The van der Waals surface area contributed by atoms with Crippen LogP contribution in [0.25, 0.3) is 0 Å². The molecule has 1 N–H and O–H groups in total. The standard InChI is InChI=1S/C11H12BrFO3/c1-2-3-4-16-10-8(11(14)15)5-7(13)6-9(10)12/h5-6H,2-4H2,1H3,(H,14,15). The second-order valence-corrected chi connectivity index (χ2v) is 4.13. The van der Waals surface area contributed by atoms with Crippen LogP contribution in [0.15, 0.2) is 16.6 Å². The summed E-state index contributed by atoms with van der Waals surface area (Å²) in [5, 5.41) is 8.90. The van der Waals surface area contributed by atoms with Crippen molar-refractivity contribution in [3.8, 4) is 5.75 Å². The lowest BCUT2D eigenvalue weighted by Gasteiger charge is -2.10. The van der Waals surface area contributed by atoms with Crippen molar-refractivity contribution in [2.75, 3.05) is 6.61 Å². The normalized spacial score (nSPS) is 10.2. The van der Waals surface area contributed by atoms with Crippen LogP contribution < -0.4 is 4.74 Å². The van der Waals surface area contributed by atoms with Crippen LogP contribution in [0, 0.1) is 5.82 Å². The van der Waals surface area contributed by atoms with E-state index in [2.05, 4.69) is 15.9 Å².